The monoisotopic (exact) mass is 314 g/mol. The molecular weight excluding hydrogens is 300 g/mol. The first-order valence-electron chi connectivity index (χ1n) is 6.95. The van der Waals surface area contributed by atoms with Crippen LogP contribution in [0.15, 0.2) is 53.4 Å². The summed E-state index contributed by atoms with van der Waals surface area (Å²) in [5.74, 6) is 0.758. The van der Waals surface area contributed by atoms with Gasteiger partial charge >= 0.3 is 0 Å². The summed E-state index contributed by atoms with van der Waals surface area (Å²) in [7, 11) is 0. The van der Waals surface area contributed by atoms with Gasteiger partial charge in [-0.15, -0.1) is 11.8 Å². The molecule has 2 aromatic carbocycles. The second-order valence-corrected chi connectivity index (χ2v) is 6.07. The minimum atomic E-state index is -0.483. The molecular formula is C16H14N2O3S. The van der Waals surface area contributed by atoms with Crippen LogP contribution in [-0.2, 0) is 0 Å². The smallest absolute Gasteiger partial charge is 0.270 e. The number of para-hydroxylation sites is 1. The minimum absolute atomic E-state index is 0.0664. The van der Waals surface area contributed by atoms with Gasteiger partial charge in [0.2, 0.25) is 0 Å². The Bertz CT molecular complexity index is 733. The van der Waals surface area contributed by atoms with E-state index in [1.165, 1.54) is 12.1 Å². The summed E-state index contributed by atoms with van der Waals surface area (Å²) in [5.41, 5.74) is 1.15. The molecule has 0 fully saturated rings. The highest BCUT2D eigenvalue weighted by molar-refractivity contribution is 7.99. The molecule has 0 saturated carbocycles. The van der Waals surface area contributed by atoms with Crippen molar-refractivity contribution >= 4 is 29.0 Å². The van der Waals surface area contributed by atoms with Crippen molar-refractivity contribution in [3.8, 4) is 0 Å². The predicted octanol–water partition coefficient (Wildman–Crippen LogP) is 3.74. The van der Waals surface area contributed by atoms with Gasteiger partial charge in [0.05, 0.1) is 10.6 Å². The number of anilines is 1. The fourth-order valence-electron chi connectivity index (χ4n) is 2.45. The molecule has 0 aliphatic carbocycles. The van der Waals surface area contributed by atoms with Crippen molar-refractivity contribution in [3.05, 3.63) is 64.2 Å². The Kier molecular flexibility index (Phi) is 4.11. The fraction of sp³-hybridized carbons (Fsp3) is 0.188. The van der Waals surface area contributed by atoms with Gasteiger partial charge in [-0.2, -0.15) is 0 Å². The summed E-state index contributed by atoms with van der Waals surface area (Å²) in [4.78, 5) is 26.0. The zero-order valence-electron chi connectivity index (χ0n) is 11.8. The van der Waals surface area contributed by atoms with Crippen molar-refractivity contribution < 1.29 is 9.72 Å². The van der Waals surface area contributed by atoms with Crippen LogP contribution in [0.4, 0.5) is 11.4 Å². The second-order valence-electron chi connectivity index (χ2n) is 4.93. The lowest BCUT2D eigenvalue weighted by atomic mass is 10.1. The highest BCUT2D eigenvalue weighted by Crippen LogP contribution is 2.34. The van der Waals surface area contributed by atoms with Gasteiger partial charge in [-0.1, -0.05) is 18.2 Å². The Morgan fingerprint density at radius 2 is 2.00 bits per heavy atom. The first kappa shape index (κ1) is 14.6. The van der Waals surface area contributed by atoms with Crippen LogP contribution in [-0.4, -0.2) is 23.1 Å². The summed E-state index contributed by atoms with van der Waals surface area (Å²) in [6, 6.07) is 13.7. The molecule has 0 N–H and O–H groups in total. The van der Waals surface area contributed by atoms with Gasteiger partial charge in [0.1, 0.15) is 0 Å². The Hall–Kier alpha value is -2.34. The molecule has 0 saturated heterocycles. The molecule has 0 radical (unpaired) electrons. The summed E-state index contributed by atoms with van der Waals surface area (Å²) in [6.45, 7) is 0.617. The van der Waals surface area contributed by atoms with Crippen molar-refractivity contribution in [2.45, 2.75) is 11.3 Å². The maximum absolute atomic E-state index is 12.8. The standard InChI is InChI=1S/C16H14N2O3S/c19-16(12-5-3-6-13(11-12)18(20)21)17-9-4-10-22-15-8-2-1-7-14(15)17/h1-3,5-8,11H,4,9-10H2. The van der Waals surface area contributed by atoms with Gasteiger partial charge in [0, 0.05) is 29.1 Å². The lowest BCUT2D eigenvalue weighted by molar-refractivity contribution is -0.384. The number of non-ortho nitro benzene ring substituents is 1. The van der Waals surface area contributed by atoms with Crippen LogP contribution in [0.2, 0.25) is 0 Å². The number of carbonyl (C=O) groups is 1. The van der Waals surface area contributed by atoms with Crippen molar-refractivity contribution in [1.82, 2.24) is 0 Å². The van der Waals surface area contributed by atoms with Crippen molar-refractivity contribution in [3.63, 3.8) is 0 Å². The maximum Gasteiger partial charge on any atom is 0.270 e. The largest absolute Gasteiger partial charge is 0.307 e. The highest BCUT2D eigenvalue weighted by Gasteiger charge is 2.23. The van der Waals surface area contributed by atoms with Crippen molar-refractivity contribution in [1.29, 1.82) is 0 Å². The van der Waals surface area contributed by atoms with Crippen LogP contribution < -0.4 is 4.90 Å². The van der Waals surface area contributed by atoms with Crippen LogP contribution in [0.25, 0.3) is 0 Å². The molecule has 1 aliphatic rings. The third-order valence-corrected chi connectivity index (χ3v) is 4.64. The number of fused-ring (bicyclic) bond motifs is 1. The molecule has 22 heavy (non-hydrogen) atoms. The number of thioether (sulfide) groups is 1. The fourth-order valence-corrected chi connectivity index (χ4v) is 3.44. The number of amides is 1. The first-order valence-corrected chi connectivity index (χ1v) is 7.93. The molecule has 6 heteroatoms. The van der Waals surface area contributed by atoms with E-state index in [9.17, 15) is 14.9 Å². The van der Waals surface area contributed by atoms with Gasteiger partial charge in [-0.25, -0.2) is 0 Å². The molecule has 0 bridgehead atoms. The number of rotatable bonds is 2. The second kappa shape index (κ2) is 6.19. The van der Waals surface area contributed by atoms with E-state index in [0.717, 1.165) is 22.8 Å². The number of carbonyl (C=O) groups excluding carboxylic acids is 1. The van der Waals surface area contributed by atoms with Crippen LogP contribution >= 0.6 is 11.8 Å². The number of hydrogen-bond donors (Lipinski definition) is 0. The first-order chi connectivity index (χ1) is 10.7. The van der Waals surface area contributed by atoms with Crippen molar-refractivity contribution in [2.24, 2.45) is 0 Å². The van der Waals surface area contributed by atoms with Crippen LogP contribution in [0.5, 0.6) is 0 Å². The molecule has 5 nitrogen and oxygen atoms in total. The quantitative estimate of drug-likeness (QED) is 0.626. The third kappa shape index (κ3) is 2.82. The van der Waals surface area contributed by atoms with Gasteiger partial charge in [0.15, 0.2) is 0 Å². The Morgan fingerprint density at radius 3 is 2.82 bits per heavy atom. The maximum atomic E-state index is 12.8. The van der Waals surface area contributed by atoms with E-state index in [4.69, 9.17) is 0 Å². The van der Waals surface area contributed by atoms with E-state index in [2.05, 4.69) is 0 Å². The molecule has 112 valence electrons. The molecule has 3 rings (SSSR count). The van der Waals surface area contributed by atoms with Gasteiger partial charge in [0.25, 0.3) is 11.6 Å². The average molecular weight is 314 g/mol. The number of nitro benzene ring substituents is 1. The van der Waals surface area contributed by atoms with E-state index < -0.39 is 4.92 Å². The van der Waals surface area contributed by atoms with Crippen LogP contribution in [0.1, 0.15) is 16.8 Å². The summed E-state index contributed by atoms with van der Waals surface area (Å²) < 4.78 is 0. The van der Waals surface area contributed by atoms with E-state index in [-0.39, 0.29) is 11.6 Å². The number of hydrogen-bond acceptors (Lipinski definition) is 4. The number of benzene rings is 2. The lowest BCUT2D eigenvalue weighted by Crippen LogP contribution is -2.31. The number of nitrogens with zero attached hydrogens (tertiary/aromatic N) is 2. The zero-order chi connectivity index (χ0) is 15.5. The predicted molar refractivity (Wildman–Crippen MR) is 86.6 cm³/mol. The minimum Gasteiger partial charge on any atom is -0.307 e. The summed E-state index contributed by atoms with van der Waals surface area (Å²) in [5, 5.41) is 10.9. The van der Waals surface area contributed by atoms with E-state index >= 15 is 0 Å². The Labute approximate surface area is 132 Å². The van der Waals surface area contributed by atoms with E-state index in [1.54, 1.807) is 28.8 Å². The topological polar surface area (TPSA) is 63.4 Å². The highest BCUT2D eigenvalue weighted by atomic mass is 32.2. The Morgan fingerprint density at radius 1 is 1.18 bits per heavy atom. The SMILES string of the molecule is O=C(c1cccc([N+](=O)[O-])c1)N1CCCSc2ccccc21. The Balaban J connectivity index is 1.98. The third-order valence-electron chi connectivity index (χ3n) is 3.49. The summed E-state index contributed by atoms with van der Waals surface area (Å²) >= 11 is 1.73. The van der Waals surface area contributed by atoms with Crippen LogP contribution in [0.3, 0.4) is 0 Å². The van der Waals surface area contributed by atoms with Gasteiger partial charge < -0.3 is 4.90 Å². The van der Waals surface area contributed by atoms with Gasteiger partial charge in [-0.05, 0) is 30.4 Å². The van der Waals surface area contributed by atoms with Gasteiger partial charge in [-0.3, -0.25) is 14.9 Å². The molecule has 0 spiro atoms. The van der Waals surface area contributed by atoms with E-state index in [1.807, 2.05) is 24.3 Å². The molecule has 2 aromatic rings. The average Bonchev–Trinajstić information content (AvgIpc) is 2.76. The number of nitro groups is 1. The normalized spacial score (nSPS) is 14.1. The summed E-state index contributed by atoms with van der Waals surface area (Å²) in [6.07, 6.45) is 0.889. The van der Waals surface area contributed by atoms with Crippen LogP contribution in [0, 0.1) is 10.1 Å². The zero-order valence-corrected chi connectivity index (χ0v) is 12.6. The molecule has 0 atom stereocenters. The van der Waals surface area contributed by atoms with Crippen molar-refractivity contribution in [2.75, 3.05) is 17.2 Å². The van der Waals surface area contributed by atoms with E-state index in [0.29, 0.717) is 12.1 Å². The molecule has 0 aromatic heterocycles. The molecule has 1 heterocycles. The lowest BCUT2D eigenvalue weighted by Gasteiger charge is -2.22. The molecule has 1 amide bonds. The molecule has 1 aliphatic heterocycles. The molecule has 0 unspecified atom stereocenters.